The number of nitrogens with zero attached hydrogens (tertiary/aromatic N) is 3. The normalized spacial score (nSPS) is 12.3. The number of carbonyl (C=O) groups is 1. The smallest absolute Gasteiger partial charge is 0.256 e. The van der Waals surface area contributed by atoms with E-state index in [9.17, 15) is 9.18 Å². The number of hydrogen-bond donors (Lipinski definition) is 0. The van der Waals surface area contributed by atoms with Crippen LogP contribution < -0.4 is 0 Å². The van der Waals surface area contributed by atoms with Crippen LogP contribution in [-0.2, 0) is 17.5 Å². The Morgan fingerprint density at radius 1 is 1.36 bits per heavy atom. The molecule has 0 unspecified atom stereocenters. The van der Waals surface area contributed by atoms with Crippen molar-refractivity contribution < 1.29 is 13.6 Å². The Balaban J connectivity index is 1.93. The molecule has 0 atom stereocenters. The van der Waals surface area contributed by atoms with Crippen molar-refractivity contribution in [1.82, 2.24) is 14.7 Å². The predicted octanol–water partition coefficient (Wildman–Crippen LogP) is 5.08. The van der Waals surface area contributed by atoms with Crippen LogP contribution >= 0.6 is 15.9 Å². The first kappa shape index (κ1) is 22.8. The molecule has 0 saturated heterocycles. The molecule has 0 aliphatic rings. The first-order chi connectivity index (χ1) is 12.9. The highest BCUT2D eigenvalue weighted by molar-refractivity contribution is 9.10. The van der Waals surface area contributed by atoms with Gasteiger partial charge in [-0.1, -0.05) is 26.8 Å². The molecule has 154 valence electrons. The van der Waals surface area contributed by atoms with E-state index in [1.807, 2.05) is 10.9 Å². The van der Waals surface area contributed by atoms with Gasteiger partial charge in [0.25, 0.3) is 5.91 Å². The minimum atomic E-state index is -1.77. The lowest BCUT2D eigenvalue weighted by molar-refractivity contribution is 0.0780. The van der Waals surface area contributed by atoms with Gasteiger partial charge in [-0.2, -0.15) is 5.10 Å². The molecule has 5 nitrogen and oxygen atoms in total. The highest BCUT2D eigenvalue weighted by Crippen LogP contribution is 2.36. The van der Waals surface area contributed by atoms with E-state index in [4.69, 9.17) is 4.43 Å². The standard InChI is InChI=1S/C20H29BrFN3O2Si/c1-20(2,3)28(5,6)27-11-10-25-14-15(12-23-25)13-24(4)19(26)16-8-7-9-17(21)18(16)22/h7-9,12,14H,10-11,13H2,1-6H3. The van der Waals surface area contributed by atoms with Gasteiger partial charge < -0.3 is 9.33 Å². The summed E-state index contributed by atoms with van der Waals surface area (Å²) in [5.74, 6) is -0.911. The van der Waals surface area contributed by atoms with Crippen molar-refractivity contribution in [3.05, 3.63) is 52.0 Å². The number of hydrogen-bond acceptors (Lipinski definition) is 3. The van der Waals surface area contributed by atoms with Crippen LogP contribution in [0.4, 0.5) is 4.39 Å². The number of benzene rings is 1. The summed E-state index contributed by atoms with van der Waals surface area (Å²) in [6, 6.07) is 4.71. The van der Waals surface area contributed by atoms with Crippen LogP contribution in [-0.4, -0.2) is 42.6 Å². The number of amides is 1. The van der Waals surface area contributed by atoms with Gasteiger partial charge in [0.15, 0.2) is 8.32 Å². The van der Waals surface area contributed by atoms with Crippen LogP contribution in [0.2, 0.25) is 18.1 Å². The third-order valence-electron chi connectivity index (χ3n) is 5.22. The van der Waals surface area contributed by atoms with Crippen molar-refractivity contribution in [3.8, 4) is 0 Å². The number of carbonyl (C=O) groups excluding carboxylic acids is 1. The summed E-state index contributed by atoms with van der Waals surface area (Å²) in [6.07, 6.45) is 3.63. The molecule has 1 amide bonds. The summed E-state index contributed by atoms with van der Waals surface area (Å²) in [6.45, 7) is 12.7. The molecule has 0 radical (unpaired) electrons. The first-order valence-corrected chi connectivity index (χ1v) is 13.0. The Bertz CT molecular complexity index is 833. The van der Waals surface area contributed by atoms with E-state index >= 15 is 0 Å². The number of halogens is 2. The van der Waals surface area contributed by atoms with Crippen molar-refractivity contribution in [2.75, 3.05) is 13.7 Å². The quantitative estimate of drug-likeness (QED) is 0.531. The third kappa shape index (κ3) is 5.52. The lowest BCUT2D eigenvalue weighted by Gasteiger charge is -2.36. The van der Waals surface area contributed by atoms with Crippen LogP contribution in [0.25, 0.3) is 0 Å². The Morgan fingerprint density at radius 3 is 2.68 bits per heavy atom. The van der Waals surface area contributed by atoms with Crippen molar-refractivity contribution in [3.63, 3.8) is 0 Å². The van der Waals surface area contributed by atoms with E-state index in [1.54, 1.807) is 25.4 Å². The second-order valence-electron chi connectivity index (χ2n) is 8.48. The van der Waals surface area contributed by atoms with Gasteiger partial charge in [-0.15, -0.1) is 0 Å². The molecule has 2 aromatic rings. The second kappa shape index (κ2) is 8.88. The van der Waals surface area contributed by atoms with E-state index in [0.29, 0.717) is 19.7 Å². The molecule has 0 N–H and O–H groups in total. The molecule has 28 heavy (non-hydrogen) atoms. The van der Waals surface area contributed by atoms with Crippen LogP contribution in [0, 0.1) is 5.82 Å². The van der Waals surface area contributed by atoms with Crippen molar-refractivity contribution in [1.29, 1.82) is 0 Å². The molecule has 1 aromatic carbocycles. The van der Waals surface area contributed by atoms with Crippen LogP contribution in [0.15, 0.2) is 35.1 Å². The lowest BCUT2D eigenvalue weighted by atomic mass is 10.2. The van der Waals surface area contributed by atoms with Gasteiger partial charge in [-0.25, -0.2) is 4.39 Å². The largest absolute Gasteiger partial charge is 0.415 e. The zero-order valence-corrected chi connectivity index (χ0v) is 20.0. The fourth-order valence-corrected chi connectivity index (χ4v) is 3.84. The van der Waals surface area contributed by atoms with Crippen molar-refractivity contribution >= 4 is 30.2 Å². The SMILES string of the molecule is CN(Cc1cnn(CCO[Si](C)(C)C(C)(C)C)c1)C(=O)c1cccc(Br)c1F. The van der Waals surface area contributed by atoms with Gasteiger partial charge in [0.2, 0.25) is 0 Å². The topological polar surface area (TPSA) is 47.4 Å². The van der Waals surface area contributed by atoms with E-state index < -0.39 is 14.1 Å². The summed E-state index contributed by atoms with van der Waals surface area (Å²) >= 11 is 3.12. The monoisotopic (exact) mass is 469 g/mol. The van der Waals surface area contributed by atoms with E-state index in [1.165, 1.54) is 11.0 Å². The maximum absolute atomic E-state index is 14.2. The zero-order chi connectivity index (χ0) is 21.1. The molecule has 1 aromatic heterocycles. The van der Waals surface area contributed by atoms with Gasteiger partial charge in [0, 0.05) is 25.4 Å². The molecular weight excluding hydrogens is 441 g/mol. The molecule has 0 aliphatic carbocycles. The molecule has 2 rings (SSSR count). The molecule has 0 bridgehead atoms. The fourth-order valence-electron chi connectivity index (χ4n) is 2.44. The molecule has 0 saturated carbocycles. The molecule has 0 aliphatic heterocycles. The first-order valence-electron chi connectivity index (χ1n) is 9.27. The van der Waals surface area contributed by atoms with Gasteiger partial charge in [-0.05, 0) is 46.2 Å². The summed E-state index contributed by atoms with van der Waals surface area (Å²) in [5.41, 5.74) is 0.936. The van der Waals surface area contributed by atoms with Crippen LogP contribution in [0.1, 0.15) is 36.7 Å². The Kier molecular flexibility index (Phi) is 7.22. The maximum atomic E-state index is 14.2. The maximum Gasteiger partial charge on any atom is 0.256 e. The van der Waals surface area contributed by atoms with Gasteiger partial charge >= 0.3 is 0 Å². The van der Waals surface area contributed by atoms with E-state index in [-0.39, 0.29) is 21.0 Å². The minimum absolute atomic E-state index is 0.0482. The van der Waals surface area contributed by atoms with Crippen LogP contribution in [0.3, 0.4) is 0 Å². The zero-order valence-electron chi connectivity index (χ0n) is 17.4. The molecule has 8 heteroatoms. The summed E-state index contributed by atoms with van der Waals surface area (Å²) < 4.78 is 22.4. The Hall–Kier alpha value is -1.51. The fraction of sp³-hybridized carbons (Fsp3) is 0.500. The Labute approximate surface area is 176 Å². The van der Waals surface area contributed by atoms with E-state index in [0.717, 1.165) is 5.56 Å². The average Bonchev–Trinajstić information content (AvgIpc) is 3.02. The summed E-state index contributed by atoms with van der Waals surface area (Å²) in [7, 11) is -0.121. The summed E-state index contributed by atoms with van der Waals surface area (Å²) in [5, 5.41) is 4.52. The van der Waals surface area contributed by atoms with E-state index in [2.05, 4.69) is 54.9 Å². The number of rotatable bonds is 7. The van der Waals surface area contributed by atoms with Crippen LogP contribution in [0.5, 0.6) is 0 Å². The summed E-state index contributed by atoms with van der Waals surface area (Å²) in [4.78, 5) is 14.0. The van der Waals surface area contributed by atoms with Gasteiger partial charge in [0.1, 0.15) is 5.82 Å². The minimum Gasteiger partial charge on any atom is -0.415 e. The van der Waals surface area contributed by atoms with Gasteiger partial charge in [-0.3, -0.25) is 9.48 Å². The Morgan fingerprint density at radius 2 is 2.04 bits per heavy atom. The molecular formula is C20H29BrFN3O2Si. The van der Waals surface area contributed by atoms with Crippen molar-refractivity contribution in [2.24, 2.45) is 0 Å². The third-order valence-corrected chi connectivity index (χ3v) is 10.4. The highest BCUT2D eigenvalue weighted by Gasteiger charge is 2.36. The average molecular weight is 470 g/mol. The lowest BCUT2D eigenvalue weighted by Crippen LogP contribution is -2.41. The predicted molar refractivity (Wildman–Crippen MR) is 115 cm³/mol. The molecule has 0 spiro atoms. The number of aromatic nitrogens is 2. The molecule has 0 fully saturated rings. The van der Waals surface area contributed by atoms with Crippen molar-refractivity contribution in [2.45, 2.75) is 52.0 Å². The second-order valence-corrected chi connectivity index (χ2v) is 14.1. The van der Waals surface area contributed by atoms with Gasteiger partial charge in [0.05, 0.1) is 29.4 Å². The highest BCUT2D eigenvalue weighted by atomic mass is 79.9. The molecule has 1 heterocycles.